The molecular formula is C78H54N2. The Kier molecular flexibility index (Phi) is 12.6. The smallest absolute Gasteiger partial charge is 0.0547 e. The molecule has 80 heavy (non-hydrogen) atoms. The molecule has 0 N–H and O–H groups in total. The summed E-state index contributed by atoms with van der Waals surface area (Å²) < 4.78 is 0. The van der Waals surface area contributed by atoms with Crippen molar-refractivity contribution in [2.24, 2.45) is 0 Å². The fourth-order valence-corrected chi connectivity index (χ4v) is 11.5. The third-order valence-corrected chi connectivity index (χ3v) is 15.6. The van der Waals surface area contributed by atoms with Crippen molar-refractivity contribution < 1.29 is 0 Å². The lowest BCUT2D eigenvalue weighted by Crippen LogP contribution is -2.13. The average Bonchev–Trinajstić information content (AvgIpc) is 3.57. The molecule has 0 aromatic heterocycles. The highest BCUT2D eigenvalue weighted by Crippen LogP contribution is 2.49. The summed E-state index contributed by atoms with van der Waals surface area (Å²) in [5.74, 6) is 0. The number of benzene rings is 14. The highest BCUT2D eigenvalue weighted by Gasteiger charge is 2.24. The summed E-state index contributed by atoms with van der Waals surface area (Å²) in [5, 5.41) is 7.17. The van der Waals surface area contributed by atoms with Crippen LogP contribution in [0.4, 0.5) is 34.1 Å². The molecular weight excluding hydrogens is 965 g/mol. The lowest BCUT2D eigenvalue weighted by molar-refractivity contribution is 1.28. The summed E-state index contributed by atoms with van der Waals surface area (Å²) in [4.78, 5) is 4.91. The Balaban J connectivity index is 1.00. The van der Waals surface area contributed by atoms with Crippen LogP contribution in [0, 0.1) is 0 Å². The van der Waals surface area contributed by atoms with Crippen molar-refractivity contribution in [3.05, 3.63) is 328 Å². The van der Waals surface area contributed by atoms with Crippen molar-refractivity contribution in [1.82, 2.24) is 0 Å². The minimum absolute atomic E-state index is 1.05. The van der Waals surface area contributed by atoms with Crippen LogP contribution in [-0.2, 0) is 0 Å². The molecule has 0 heterocycles. The summed E-state index contributed by atoms with van der Waals surface area (Å²) in [7, 11) is 0. The molecule has 0 saturated carbocycles. The minimum atomic E-state index is 1.05. The van der Waals surface area contributed by atoms with Gasteiger partial charge >= 0.3 is 0 Å². The Morgan fingerprint density at radius 1 is 0.163 bits per heavy atom. The lowest BCUT2D eigenvalue weighted by atomic mass is 9.93. The molecule has 0 unspecified atom stereocenters. The Labute approximate surface area is 468 Å². The van der Waals surface area contributed by atoms with Crippen molar-refractivity contribution in [1.29, 1.82) is 0 Å². The van der Waals surface area contributed by atoms with Gasteiger partial charge < -0.3 is 9.80 Å². The van der Waals surface area contributed by atoms with E-state index in [1.54, 1.807) is 0 Å². The van der Waals surface area contributed by atoms with Crippen molar-refractivity contribution in [3.8, 4) is 66.8 Å². The first kappa shape index (κ1) is 47.9. The highest BCUT2D eigenvalue weighted by atomic mass is 15.2. The van der Waals surface area contributed by atoms with Gasteiger partial charge in [0.25, 0.3) is 0 Å². The molecule has 14 rings (SSSR count). The van der Waals surface area contributed by atoms with Gasteiger partial charge in [-0.1, -0.05) is 243 Å². The Hall–Kier alpha value is -10.5. The molecule has 0 fully saturated rings. The number of hydrogen-bond donors (Lipinski definition) is 0. The summed E-state index contributed by atoms with van der Waals surface area (Å²) in [6.07, 6.45) is 0. The van der Waals surface area contributed by atoms with Crippen molar-refractivity contribution in [3.63, 3.8) is 0 Å². The van der Waals surface area contributed by atoms with Crippen LogP contribution in [0.1, 0.15) is 0 Å². The molecule has 0 saturated heterocycles. The summed E-state index contributed by atoms with van der Waals surface area (Å²) in [5.41, 5.74) is 20.3. The molecule has 2 heteroatoms. The zero-order valence-corrected chi connectivity index (χ0v) is 44.1. The van der Waals surface area contributed by atoms with E-state index in [9.17, 15) is 0 Å². The van der Waals surface area contributed by atoms with Crippen LogP contribution in [0.5, 0.6) is 0 Å². The number of rotatable bonds is 12. The SMILES string of the molecule is c1ccc(-c2ccc(N(c3ccc(-c4ccc5ccccc5c4)cc3)c3cc4c(N(c5ccc(-c6ccccc6)cc5)c5ccc(-c6ccc7ccccc7c6)cc5)cc(-c5ccccc5)cc4cc3-c3ccccc3)cc2)cc1. The van der Waals surface area contributed by atoms with Gasteiger partial charge in [-0.2, -0.15) is 0 Å². The molecule has 2 nitrogen and oxygen atoms in total. The van der Waals surface area contributed by atoms with Crippen LogP contribution in [0.15, 0.2) is 328 Å². The van der Waals surface area contributed by atoms with Gasteiger partial charge in [0.05, 0.1) is 11.4 Å². The van der Waals surface area contributed by atoms with Gasteiger partial charge in [-0.25, -0.2) is 0 Å². The van der Waals surface area contributed by atoms with E-state index in [0.717, 1.165) is 78.3 Å². The van der Waals surface area contributed by atoms with E-state index in [0.29, 0.717) is 0 Å². The summed E-state index contributed by atoms with van der Waals surface area (Å²) in [6.45, 7) is 0. The second kappa shape index (κ2) is 21.1. The van der Waals surface area contributed by atoms with Gasteiger partial charge in [-0.3, -0.25) is 0 Å². The van der Waals surface area contributed by atoms with E-state index < -0.39 is 0 Å². The van der Waals surface area contributed by atoms with Crippen LogP contribution in [0.25, 0.3) is 99.1 Å². The first-order valence-corrected chi connectivity index (χ1v) is 27.5. The molecule has 376 valence electrons. The van der Waals surface area contributed by atoms with E-state index in [1.165, 1.54) is 54.9 Å². The second-order valence-corrected chi connectivity index (χ2v) is 20.5. The quantitative estimate of drug-likeness (QED) is 0.120. The van der Waals surface area contributed by atoms with E-state index in [1.807, 2.05) is 0 Å². The van der Waals surface area contributed by atoms with Gasteiger partial charge in [0.1, 0.15) is 0 Å². The summed E-state index contributed by atoms with van der Waals surface area (Å²) >= 11 is 0. The number of anilines is 6. The monoisotopic (exact) mass is 1020 g/mol. The van der Waals surface area contributed by atoms with Gasteiger partial charge in [-0.15, -0.1) is 0 Å². The van der Waals surface area contributed by atoms with Gasteiger partial charge in [0.15, 0.2) is 0 Å². The lowest BCUT2D eigenvalue weighted by Gasteiger charge is -2.31. The zero-order chi connectivity index (χ0) is 53.2. The molecule has 14 aromatic carbocycles. The zero-order valence-electron chi connectivity index (χ0n) is 44.1. The maximum Gasteiger partial charge on any atom is 0.0547 e. The number of nitrogens with zero attached hydrogens (tertiary/aromatic N) is 2. The molecule has 0 amide bonds. The first-order chi connectivity index (χ1) is 39.6. The number of hydrogen-bond acceptors (Lipinski definition) is 2. The third kappa shape index (κ3) is 9.46. The molecule has 0 aliphatic rings. The van der Waals surface area contributed by atoms with Crippen LogP contribution >= 0.6 is 0 Å². The highest BCUT2D eigenvalue weighted by molar-refractivity contribution is 6.08. The van der Waals surface area contributed by atoms with Crippen molar-refractivity contribution in [2.45, 2.75) is 0 Å². The maximum atomic E-state index is 2.46. The van der Waals surface area contributed by atoms with E-state index in [4.69, 9.17) is 0 Å². The summed E-state index contributed by atoms with van der Waals surface area (Å²) in [6, 6.07) is 120. The average molecular weight is 1020 g/mol. The second-order valence-electron chi connectivity index (χ2n) is 20.5. The molecule has 0 spiro atoms. The Bertz CT molecular complexity index is 4460. The standard InChI is InChI=1S/C78H54N2/c1-5-17-55(18-6-1)60-33-41-71(42-34-60)79(72-45-37-62(38-46-72)67-31-29-58-23-13-15-27-65(58)49-67)77-53-69(57-21-9-3-10-22-57)51-70-52-75(64-25-11-4-12-26-64)78(54-76(70)77)80(73-43-35-61(36-44-73)56-19-7-2-8-20-56)74-47-39-63(40-48-74)68-32-30-59-24-14-16-28-66(59)50-68/h1-54H. The predicted molar refractivity (Wildman–Crippen MR) is 341 cm³/mol. The fraction of sp³-hybridized carbons (Fsp3) is 0. The van der Waals surface area contributed by atoms with Gasteiger partial charge in [0.2, 0.25) is 0 Å². The Morgan fingerprint density at radius 3 is 0.875 bits per heavy atom. The molecule has 0 atom stereocenters. The fourth-order valence-electron chi connectivity index (χ4n) is 11.5. The van der Waals surface area contributed by atoms with Gasteiger partial charge in [-0.05, 0) is 173 Å². The van der Waals surface area contributed by atoms with Gasteiger partial charge in [0, 0.05) is 33.7 Å². The molecule has 14 aromatic rings. The van der Waals surface area contributed by atoms with Crippen LogP contribution < -0.4 is 9.80 Å². The molecule has 0 radical (unpaired) electrons. The normalized spacial score (nSPS) is 11.2. The van der Waals surface area contributed by atoms with E-state index in [2.05, 4.69) is 337 Å². The van der Waals surface area contributed by atoms with Crippen molar-refractivity contribution >= 4 is 66.4 Å². The topological polar surface area (TPSA) is 6.48 Å². The molecule has 0 aliphatic carbocycles. The predicted octanol–water partition coefficient (Wildman–Crippen LogP) is 22.1. The molecule has 0 aliphatic heterocycles. The molecule has 0 bridgehead atoms. The van der Waals surface area contributed by atoms with Crippen LogP contribution in [0.2, 0.25) is 0 Å². The van der Waals surface area contributed by atoms with Crippen LogP contribution in [-0.4, -0.2) is 0 Å². The van der Waals surface area contributed by atoms with Crippen molar-refractivity contribution in [2.75, 3.05) is 9.80 Å². The Morgan fingerprint density at radius 2 is 0.463 bits per heavy atom. The van der Waals surface area contributed by atoms with E-state index >= 15 is 0 Å². The van der Waals surface area contributed by atoms with E-state index in [-0.39, 0.29) is 0 Å². The minimum Gasteiger partial charge on any atom is -0.310 e. The van der Waals surface area contributed by atoms with Crippen LogP contribution in [0.3, 0.4) is 0 Å². The number of fused-ring (bicyclic) bond motifs is 3. The largest absolute Gasteiger partial charge is 0.310 e. The first-order valence-electron chi connectivity index (χ1n) is 27.5. The third-order valence-electron chi connectivity index (χ3n) is 15.6. The maximum absolute atomic E-state index is 2.46.